The molecule has 0 saturated carbocycles. The van der Waals surface area contributed by atoms with E-state index in [2.05, 4.69) is 155 Å². The van der Waals surface area contributed by atoms with Gasteiger partial charge < -0.3 is 8.97 Å². The van der Waals surface area contributed by atoms with Gasteiger partial charge in [0, 0.05) is 32.6 Å². The predicted molar refractivity (Wildman–Crippen MR) is 179 cm³/mol. The first kappa shape index (κ1) is 22.1. The van der Waals surface area contributed by atoms with Crippen LogP contribution in [0.1, 0.15) is 0 Å². The van der Waals surface area contributed by atoms with Gasteiger partial charge in [-0.15, -0.1) is 0 Å². The maximum absolute atomic E-state index is 2.46. The third-order valence-electron chi connectivity index (χ3n) is 9.22. The van der Waals surface area contributed by atoms with Gasteiger partial charge in [-0.2, -0.15) is 0 Å². The van der Waals surface area contributed by atoms with Crippen LogP contribution in [0.5, 0.6) is 0 Å². The normalized spacial score (nSPS) is 12.3. The number of benzene rings is 7. The molecule has 0 N–H and O–H groups in total. The summed E-state index contributed by atoms with van der Waals surface area (Å²) in [6.07, 6.45) is 0. The summed E-state index contributed by atoms with van der Waals surface area (Å²) < 4.78 is 4.90. The minimum Gasteiger partial charge on any atom is -0.309 e. The Bertz CT molecular complexity index is 2740. The highest BCUT2D eigenvalue weighted by molar-refractivity contribution is 6.19. The zero-order valence-corrected chi connectivity index (χ0v) is 22.8. The minimum atomic E-state index is 1.18. The molecule has 0 fully saturated rings. The second kappa shape index (κ2) is 7.99. The molecule has 3 aromatic heterocycles. The molecule has 0 amide bonds. The summed E-state index contributed by atoms with van der Waals surface area (Å²) >= 11 is 0. The Morgan fingerprint density at radius 2 is 0.881 bits per heavy atom. The average Bonchev–Trinajstić information content (AvgIpc) is 3.59. The second-order valence-electron chi connectivity index (χ2n) is 11.4. The molecule has 10 rings (SSSR count). The zero-order chi connectivity index (χ0) is 27.4. The molecule has 0 spiro atoms. The number of pyridine rings is 1. The molecular weight excluding hydrogens is 508 g/mol. The Morgan fingerprint density at radius 3 is 1.71 bits per heavy atom. The smallest absolute Gasteiger partial charge is 0.0548 e. The lowest BCUT2D eigenvalue weighted by Gasteiger charge is -2.11. The molecule has 0 aliphatic heterocycles. The molecule has 0 bridgehead atoms. The van der Waals surface area contributed by atoms with E-state index in [0.29, 0.717) is 0 Å². The molecule has 194 valence electrons. The van der Waals surface area contributed by atoms with Gasteiger partial charge in [0.1, 0.15) is 0 Å². The molecule has 0 atom stereocenters. The van der Waals surface area contributed by atoms with Crippen molar-refractivity contribution in [2.45, 2.75) is 0 Å². The number of hydrogen-bond acceptors (Lipinski definition) is 0. The summed E-state index contributed by atoms with van der Waals surface area (Å²) in [7, 11) is 0. The van der Waals surface area contributed by atoms with E-state index in [1.165, 1.54) is 87.1 Å². The standard InChI is InChI=1S/C40H24N2/c1-2-10-29-25(9-1)17-18-26-21-28(19-20-30(26)29)41-36-15-7-6-14-34(36)35-24-38-27(23-40(35)41)22-39-33-13-4-3-11-31(33)32-12-5-8-16-37(32)42(38)39/h1-24H. The average molecular weight is 533 g/mol. The Hall–Kier alpha value is -5.60. The summed E-state index contributed by atoms with van der Waals surface area (Å²) in [6, 6.07) is 53.6. The zero-order valence-electron chi connectivity index (χ0n) is 22.8. The lowest BCUT2D eigenvalue weighted by molar-refractivity contribution is 1.19. The maximum atomic E-state index is 2.46. The molecule has 2 nitrogen and oxygen atoms in total. The first-order valence-electron chi connectivity index (χ1n) is 14.5. The monoisotopic (exact) mass is 532 g/mol. The number of aromatic nitrogens is 2. The van der Waals surface area contributed by atoms with Crippen molar-refractivity contribution in [3.8, 4) is 5.69 Å². The fourth-order valence-corrected chi connectivity index (χ4v) is 7.38. The van der Waals surface area contributed by atoms with Gasteiger partial charge in [0.15, 0.2) is 0 Å². The van der Waals surface area contributed by atoms with E-state index in [4.69, 9.17) is 0 Å². The van der Waals surface area contributed by atoms with E-state index in [1.54, 1.807) is 0 Å². The highest BCUT2D eigenvalue weighted by Crippen LogP contribution is 2.39. The number of hydrogen-bond donors (Lipinski definition) is 0. The largest absolute Gasteiger partial charge is 0.309 e. The molecular formula is C40H24N2. The molecule has 42 heavy (non-hydrogen) atoms. The van der Waals surface area contributed by atoms with Crippen molar-refractivity contribution < 1.29 is 0 Å². The Labute approximate surface area is 241 Å². The molecule has 0 aliphatic rings. The lowest BCUT2D eigenvalue weighted by Crippen LogP contribution is -1.94. The quantitative estimate of drug-likeness (QED) is 0.186. The van der Waals surface area contributed by atoms with Crippen molar-refractivity contribution >= 4 is 81.4 Å². The van der Waals surface area contributed by atoms with Crippen LogP contribution in [0.15, 0.2) is 146 Å². The fourth-order valence-electron chi connectivity index (χ4n) is 7.38. The van der Waals surface area contributed by atoms with Crippen LogP contribution in [0.4, 0.5) is 0 Å². The summed E-state index contributed by atoms with van der Waals surface area (Å²) in [5.74, 6) is 0. The number of fused-ring (bicyclic) bond motifs is 14. The van der Waals surface area contributed by atoms with Crippen LogP contribution >= 0.6 is 0 Å². The molecule has 2 heteroatoms. The van der Waals surface area contributed by atoms with E-state index in [-0.39, 0.29) is 0 Å². The summed E-state index contributed by atoms with van der Waals surface area (Å²) in [6.45, 7) is 0. The highest BCUT2D eigenvalue weighted by Gasteiger charge is 2.17. The summed E-state index contributed by atoms with van der Waals surface area (Å²) in [5, 5.41) is 12.8. The molecule has 3 heterocycles. The van der Waals surface area contributed by atoms with Crippen molar-refractivity contribution in [3.05, 3.63) is 146 Å². The third-order valence-corrected chi connectivity index (χ3v) is 9.22. The van der Waals surface area contributed by atoms with Gasteiger partial charge in [-0.25, -0.2) is 0 Å². The number of nitrogens with zero attached hydrogens (tertiary/aromatic N) is 2. The van der Waals surface area contributed by atoms with Gasteiger partial charge in [-0.1, -0.05) is 103 Å². The Balaban J connectivity index is 1.34. The van der Waals surface area contributed by atoms with Crippen LogP contribution in [0, 0.1) is 0 Å². The Kier molecular flexibility index (Phi) is 4.21. The van der Waals surface area contributed by atoms with Crippen molar-refractivity contribution in [1.82, 2.24) is 8.97 Å². The van der Waals surface area contributed by atoms with Crippen molar-refractivity contribution in [2.24, 2.45) is 0 Å². The van der Waals surface area contributed by atoms with Crippen LogP contribution in [0.2, 0.25) is 0 Å². The molecule has 0 aliphatic carbocycles. The summed E-state index contributed by atoms with van der Waals surface area (Å²) in [5.41, 5.74) is 7.38. The van der Waals surface area contributed by atoms with E-state index < -0.39 is 0 Å². The van der Waals surface area contributed by atoms with E-state index in [9.17, 15) is 0 Å². The van der Waals surface area contributed by atoms with Gasteiger partial charge in [0.05, 0.1) is 27.6 Å². The molecule has 0 unspecified atom stereocenters. The van der Waals surface area contributed by atoms with Crippen molar-refractivity contribution in [1.29, 1.82) is 0 Å². The van der Waals surface area contributed by atoms with Crippen molar-refractivity contribution in [3.63, 3.8) is 0 Å². The van der Waals surface area contributed by atoms with Crippen LogP contribution in [-0.4, -0.2) is 8.97 Å². The van der Waals surface area contributed by atoms with Gasteiger partial charge in [-0.3, -0.25) is 0 Å². The summed E-state index contributed by atoms with van der Waals surface area (Å²) in [4.78, 5) is 0. The van der Waals surface area contributed by atoms with Gasteiger partial charge in [0.2, 0.25) is 0 Å². The Morgan fingerprint density at radius 1 is 0.286 bits per heavy atom. The number of rotatable bonds is 1. The van der Waals surface area contributed by atoms with Crippen molar-refractivity contribution in [2.75, 3.05) is 0 Å². The second-order valence-corrected chi connectivity index (χ2v) is 11.4. The van der Waals surface area contributed by atoms with E-state index in [1.807, 2.05) is 0 Å². The van der Waals surface area contributed by atoms with Crippen LogP contribution in [-0.2, 0) is 0 Å². The van der Waals surface area contributed by atoms with Crippen LogP contribution < -0.4 is 0 Å². The van der Waals surface area contributed by atoms with E-state index in [0.717, 1.165) is 0 Å². The van der Waals surface area contributed by atoms with Gasteiger partial charge >= 0.3 is 0 Å². The number of para-hydroxylation sites is 2. The van der Waals surface area contributed by atoms with E-state index >= 15 is 0 Å². The fraction of sp³-hybridized carbons (Fsp3) is 0. The van der Waals surface area contributed by atoms with Crippen LogP contribution in [0.3, 0.4) is 0 Å². The first-order valence-corrected chi connectivity index (χ1v) is 14.5. The first-order chi connectivity index (χ1) is 20.8. The minimum absolute atomic E-state index is 1.18. The predicted octanol–water partition coefficient (Wildman–Crippen LogP) is 10.8. The molecule has 0 radical (unpaired) electrons. The van der Waals surface area contributed by atoms with Gasteiger partial charge in [0.25, 0.3) is 0 Å². The molecule has 7 aromatic carbocycles. The third kappa shape index (κ3) is 2.83. The molecule has 0 saturated heterocycles. The maximum Gasteiger partial charge on any atom is 0.0548 e. The molecule has 10 aromatic rings. The lowest BCUT2D eigenvalue weighted by atomic mass is 10.0. The SMILES string of the molecule is c1ccc2c(c1)ccc1cc(-n3c4ccccc4c4cc5c(cc43)cc3c4ccccc4c4ccccc4n53)ccc12. The topological polar surface area (TPSA) is 9.34 Å². The van der Waals surface area contributed by atoms with Gasteiger partial charge in [-0.05, 0) is 69.4 Å². The van der Waals surface area contributed by atoms with Crippen LogP contribution in [0.25, 0.3) is 87.1 Å². The highest BCUT2D eigenvalue weighted by atomic mass is 15.0.